The second-order valence-corrected chi connectivity index (χ2v) is 7.52. The molecule has 1 spiro atoms. The molecule has 0 radical (unpaired) electrons. The molecule has 4 rings (SSSR count). The number of nitrogens with one attached hydrogen (secondary N) is 1. The van der Waals surface area contributed by atoms with Gasteiger partial charge in [-0.15, -0.1) is 0 Å². The minimum atomic E-state index is 0.679. The van der Waals surface area contributed by atoms with Gasteiger partial charge in [0, 0.05) is 38.9 Å². The molecule has 0 aliphatic carbocycles. The predicted octanol–water partition coefficient (Wildman–Crippen LogP) is 1.98. The van der Waals surface area contributed by atoms with Gasteiger partial charge in [-0.1, -0.05) is 6.07 Å². The average molecular weight is 300 g/mol. The number of rotatable bonds is 3. The van der Waals surface area contributed by atoms with Crippen LogP contribution >= 0.6 is 0 Å². The Labute approximate surface area is 133 Å². The molecule has 22 heavy (non-hydrogen) atoms. The smallest absolute Gasteiger partial charge is 0.128 e. The molecule has 120 valence electrons. The quantitative estimate of drug-likeness (QED) is 0.925. The van der Waals surface area contributed by atoms with Crippen molar-refractivity contribution in [1.29, 1.82) is 0 Å². The molecule has 0 aromatic carbocycles. The fourth-order valence-corrected chi connectivity index (χ4v) is 4.29. The fraction of sp³-hybridized carbons (Fsp3) is 0.722. The highest BCUT2D eigenvalue weighted by Gasteiger charge is 2.39. The van der Waals surface area contributed by atoms with Gasteiger partial charge in [0.15, 0.2) is 0 Å². The number of hydrogen-bond donors (Lipinski definition) is 1. The molecule has 4 nitrogen and oxygen atoms in total. The largest absolute Gasteiger partial charge is 0.357 e. The highest BCUT2D eigenvalue weighted by Crippen LogP contribution is 2.35. The van der Waals surface area contributed by atoms with Crippen molar-refractivity contribution < 1.29 is 0 Å². The van der Waals surface area contributed by atoms with E-state index in [9.17, 15) is 0 Å². The first-order chi connectivity index (χ1) is 10.8. The Balaban J connectivity index is 1.23. The number of nitrogens with zero attached hydrogens (tertiary/aromatic N) is 3. The van der Waals surface area contributed by atoms with E-state index >= 15 is 0 Å². The lowest BCUT2D eigenvalue weighted by Gasteiger charge is -2.49. The summed E-state index contributed by atoms with van der Waals surface area (Å²) in [5, 5.41) is 3.46. The lowest BCUT2D eigenvalue weighted by molar-refractivity contribution is 0.0463. The zero-order valence-corrected chi connectivity index (χ0v) is 13.5. The first-order valence-corrected chi connectivity index (χ1v) is 8.92. The molecular weight excluding hydrogens is 272 g/mol. The standard InChI is InChI=1S/C18H28N4/c1-2-8-20-17(3-1)22-9-4-16(5-10-22)13-21-11-6-18(7-12-21)14-19-15-18/h1-3,8,16,19H,4-7,9-15H2. The van der Waals surface area contributed by atoms with Crippen LogP contribution in [-0.2, 0) is 0 Å². The molecule has 0 saturated carbocycles. The van der Waals surface area contributed by atoms with Gasteiger partial charge in [-0.2, -0.15) is 0 Å². The third-order valence-corrected chi connectivity index (χ3v) is 6.02. The van der Waals surface area contributed by atoms with Gasteiger partial charge in [0.25, 0.3) is 0 Å². The molecule has 0 atom stereocenters. The van der Waals surface area contributed by atoms with E-state index in [1.807, 2.05) is 12.3 Å². The van der Waals surface area contributed by atoms with Crippen molar-refractivity contribution in [1.82, 2.24) is 15.2 Å². The molecular formula is C18H28N4. The summed E-state index contributed by atoms with van der Waals surface area (Å²) >= 11 is 0. The van der Waals surface area contributed by atoms with Crippen LogP contribution in [0.25, 0.3) is 0 Å². The monoisotopic (exact) mass is 300 g/mol. The van der Waals surface area contributed by atoms with Gasteiger partial charge >= 0.3 is 0 Å². The molecule has 0 bridgehead atoms. The maximum Gasteiger partial charge on any atom is 0.128 e. The molecule has 1 aromatic rings. The van der Waals surface area contributed by atoms with Gasteiger partial charge in [0.2, 0.25) is 0 Å². The van der Waals surface area contributed by atoms with Gasteiger partial charge in [-0.05, 0) is 62.2 Å². The van der Waals surface area contributed by atoms with Crippen molar-refractivity contribution in [3.8, 4) is 0 Å². The number of anilines is 1. The Bertz CT molecular complexity index is 467. The molecule has 3 aliphatic rings. The van der Waals surface area contributed by atoms with Crippen molar-refractivity contribution in [3.63, 3.8) is 0 Å². The number of hydrogen-bond acceptors (Lipinski definition) is 4. The fourth-order valence-electron chi connectivity index (χ4n) is 4.29. The van der Waals surface area contributed by atoms with Crippen LogP contribution in [-0.4, -0.2) is 55.7 Å². The minimum absolute atomic E-state index is 0.679. The molecule has 3 saturated heterocycles. The normalized spacial score (nSPS) is 26.1. The minimum Gasteiger partial charge on any atom is -0.357 e. The van der Waals surface area contributed by atoms with E-state index in [0.717, 1.165) is 11.7 Å². The van der Waals surface area contributed by atoms with Gasteiger partial charge in [-0.3, -0.25) is 0 Å². The van der Waals surface area contributed by atoms with E-state index in [0.29, 0.717) is 5.41 Å². The summed E-state index contributed by atoms with van der Waals surface area (Å²) in [6, 6.07) is 6.22. The Kier molecular flexibility index (Phi) is 4.05. The number of likely N-dealkylation sites (tertiary alicyclic amines) is 1. The van der Waals surface area contributed by atoms with Crippen LogP contribution in [0.3, 0.4) is 0 Å². The van der Waals surface area contributed by atoms with Crippen LogP contribution in [0.5, 0.6) is 0 Å². The Morgan fingerprint density at radius 2 is 1.86 bits per heavy atom. The molecule has 0 unspecified atom stereocenters. The van der Waals surface area contributed by atoms with Crippen molar-refractivity contribution >= 4 is 5.82 Å². The first kappa shape index (κ1) is 14.5. The highest BCUT2D eigenvalue weighted by molar-refractivity contribution is 5.37. The predicted molar refractivity (Wildman–Crippen MR) is 90.2 cm³/mol. The molecule has 4 heteroatoms. The van der Waals surface area contributed by atoms with Crippen LogP contribution in [0.1, 0.15) is 25.7 Å². The molecule has 0 amide bonds. The highest BCUT2D eigenvalue weighted by atomic mass is 15.2. The van der Waals surface area contributed by atoms with Gasteiger partial charge in [0.05, 0.1) is 0 Å². The van der Waals surface area contributed by atoms with E-state index in [-0.39, 0.29) is 0 Å². The number of aromatic nitrogens is 1. The first-order valence-electron chi connectivity index (χ1n) is 8.92. The van der Waals surface area contributed by atoms with Gasteiger partial charge < -0.3 is 15.1 Å². The summed E-state index contributed by atoms with van der Waals surface area (Å²) in [6.07, 6.45) is 7.36. The lowest BCUT2D eigenvalue weighted by Crippen LogP contribution is -2.58. The van der Waals surface area contributed by atoms with Crippen LogP contribution < -0.4 is 10.2 Å². The molecule has 4 heterocycles. The van der Waals surface area contributed by atoms with Crippen LogP contribution in [0, 0.1) is 11.3 Å². The Morgan fingerprint density at radius 3 is 2.45 bits per heavy atom. The summed E-state index contributed by atoms with van der Waals surface area (Å²) in [5.41, 5.74) is 0.679. The van der Waals surface area contributed by atoms with Crippen molar-refractivity contribution in [2.24, 2.45) is 11.3 Å². The molecule has 1 N–H and O–H groups in total. The maximum atomic E-state index is 4.48. The summed E-state index contributed by atoms with van der Waals surface area (Å²) in [7, 11) is 0. The summed E-state index contributed by atoms with van der Waals surface area (Å²) in [4.78, 5) is 9.66. The van der Waals surface area contributed by atoms with E-state index in [2.05, 4.69) is 32.2 Å². The molecule has 1 aromatic heterocycles. The Hall–Kier alpha value is -1.13. The van der Waals surface area contributed by atoms with Crippen molar-refractivity contribution in [3.05, 3.63) is 24.4 Å². The second kappa shape index (κ2) is 6.17. The summed E-state index contributed by atoms with van der Waals surface area (Å²) in [5.74, 6) is 2.03. The van der Waals surface area contributed by atoms with E-state index in [1.54, 1.807) is 0 Å². The third-order valence-electron chi connectivity index (χ3n) is 6.02. The molecule has 3 aliphatic heterocycles. The van der Waals surface area contributed by atoms with Crippen molar-refractivity contribution in [2.45, 2.75) is 25.7 Å². The van der Waals surface area contributed by atoms with E-state index < -0.39 is 0 Å². The lowest BCUT2D eigenvalue weighted by atomic mass is 9.73. The second-order valence-electron chi connectivity index (χ2n) is 7.52. The zero-order valence-electron chi connectivity index (χ0n) is 13.5. The number of pyridine rings is 1. The van der Waals surface area contributed by atoms with E-state index in [4.69, 9.17) is 0 Å². The molecule has 3 fully saturated rings. The zero-order chi connectivity index (χ0) is 14.8. The van der Waals surface area contributed by atoms with Crippen molar-refractivity contribution in [2.75, 3.05) is 50.7 Å². The third kappa shape index (κ3) is 2.99. The van der Waals surface area contributed by atoms with Crippen LogP contribution in [0.2, 0.25) is 0 Å². The number of piperidine rings is 2. The maximum absolute atomic E-state index is 4.48. The van der Waals surface area contributed by atoms with Gasteiger partial charge in [-0.25, -0.2) is 4.98 Å². The topological polar surface area (TPSA) is 31.4 Å². The Morgan fingerprint density at radius 1 is 1.09 bits per heavy atom. The van der Waals surface area contributed by atoms with Gasteiger partial charge in [0.1, 0.15) is 5.82 Å². The van der Waals surface area contributed by atoms with Crippen LogP contribution in [0.15, 0.2) is 24.4 Å². The summed E-state index contributed by atoms with van der Waals surface area (Å²) < 4.78 is 0. The van der Waals surface area contributed by atoms with Crippen LogP contribution in [0.4, 0.5) is 5.82 Å². The SMILES string of the molecule is c1ccc(N2CCC(CN3CCC4(CC3)CNC4)CC2)nc1. The average Bonchev–Trinajstić information content (AvgIpc) is 2.56. The van der Waals surface area contributed by atoms with E-state index in [1.165, 1.54) is 71.5 Å². The summed E-state index contributed by atoms with van der Waals surface area (Å²) in [6.45, 7) is 8.84.